The average molecular weight is 308 g/mol. The lowest BCUT2D eigenvalue weighted by atomic mass is 10.0. The Morgan fingerprint density at radius 2 is 1.57 bits per heavy atom. The summed E-state index contributed by atoms with van der Waals surface area (Å²) in [6, 6.07) is 16.2. The maximum atomic E-state index is 12.3. The molecule has 0 aliphatic carbocycles. The molecule has 0 radical (unpaired) electrons. The Morgan fingerprint density at radius 1 is 0.957 bits per heavy atom. The highest BCUT2D eigenvalue weighted by atomic mass is 16.5. The van der Waals surface area contributed by atoms with E-state index in [1.165, 1.54) is 0 Å². The van der Waals surface area contributed by atoms with Crippen LogP contribution in [0.1, 0.15) is 41.3 Å². The van der Waals surface area contributed by atoms with Gasteiger partial charge in [-0.1, -0.05) is 74.5 Å². The van der Waals surface area contributed by atoms with Crippen molar-refractivity contribution < 1.29 is 14.3 Å². The summed E-state index contributed by atoms with van der Waals surface area (Å²) >= 11 is 0. The van der Waals surface area contributed by atoms with Gasteiger partial charge in [0.25, 0.3) is 0 Å². The second-order valence-electron chi connectivity index (χ2n) is 5.32. The second-order valence-corrected chi connectivity index (χ2v) is 5.32. The smallest absolute Gasteiger partial charge is 0.333 e. The van der Waals surface area contributed by atoms with Crippen LogP contribution in [0.3, 0.4) is 0 Å². The molecule has 0 aromatic heterocycles. The highest BCUT2D eigenvalue weighted by Crippen LogP contribution is 2.13. The fourth-order valence-corrected chi connectivity index (χ4v) is 2.16. The van der Waals surface area contributed by atoms with E-state index in [1.807, 2.05) is 25.1 Å². The van der Waals surface area contributed by atoms with Gasteiger partial charge in [0.2, 0.25) is 0 Å². The first kappa shape index (κ1) is 16.7. The van der Waals surface area contributed by atoms with Crippen molar-refractivity contribution in [3.63, 3.8) is 0 Å². The maximum Gasteiger partial charge on any atom is 0.333 e. The third-order valence-corrected chi connectivity index (χ3v) is 3.46. The number of esters is 1. The maximum absolute atomic E-state index is 12.3. The molecule has 0 fully saturated rings. The summed E-state index contributed by atoms with van der Waals surface area (Å²) in [6.07, 6.45) is 1.51. The standard InChI is InChI=1S/C20H20O3/c1-3-7-15(2)20(22)23-14-16-10-12-18(13-11-16)19(21)17-8-5-4-6-9-17/h4-6,8-13H,2-3,7,14H2,1H3. The van der Waals surface area contributed by atoms with E-state index in [2.05, 4.69) is 6.58 Å². The van der Waals surface area contributed by atoms with Gasteiger partial charge in [-0.3, -0.25) is 4.79 Å². The van der Waals surface area contributed by atoms with E-state index in [0.717, 1.165) is 12.0 Å². The van der Waals surface area contributed by atoms with Gasteiger partial charge in [-0.15, -0.1) is 0 Å². The van der Waals surface area contributed by atoms with Gasteiger partial charge in [-0.05, 0) is 12.0 Å². The molecule has 2 aromatic carbocycles. The first-order chi connectivity index (χ1) is 11.1. The third kappa shape index (κ3) is 4.65. The molecule has 0 amide bonds. The summed E-state index contributed by atoms with van der Waals surface area (Å²) in [7, 11) is 0. The van der Waals surface area contributed by atoms with Gasteiger partial charge in [0, 0.05) is 16.7 Å². The van der Waals surface area contributed by atoms with Crippen LogP contribution in [0.15, 0.2) is 66.7 Å². The highest BCUT2D eigenvalue weighted by Gasteiger charge is 2.10. The molecule has 0 spiro atoms. The van der Waals surface area contributed by atoms with Gasteiger partial charge in [-0.2, -0.15) is 0 Å². The number of carbonyl (C=O) groups excluding carboxylic acids is 2. The number of ether oxygens (including phenoxy) is 1. The monoisotopic (exact) mass is 308 g/mol. The normalized spacial score (nSPS) is 10.1. The predicted molar refractivity (Wildman–Crippen MR) is 90.2 cm³/mol. The molecule has 0 saturated heterocycles. The molecule has 3 nitrogen and oxygen atoms in total. The van der Waals surface area contributed by atoms with Gasteiger partial charge in [0.05, 0.1) is 0 Å². The van der Waals surface area contributed by atoms with Crippen molar-refractivity contribution in [2.75, 3.05) is 0 Å². The van der Waals surface area contributed by atoms with Crippen LogP contribution in [-0.2, 0) is 16.1 Å². The van der Waals surface area contributed by atoms with Crippen molar-refractivity contribution in [1.29, 1.82) is 0 Å². The lowest BCUT2D eigenvalue weighted by Gasteiger charge is -2.07. The van der Waals surface area contributed by atoms with Crippen molar-refractivity contribution in [2.24, 2.45) is 0 Å². The number of benzene rings is 2. The Kier molecular flexibility index (Phi) is 5.87. The van der Waals surface area contributed by atoms with Crippen LogP contribution >= 0.6 is 0 Å². The van der Waals surface area contributed by atoms with E-state index < -0.39 is 0 Å². The minimum Gasteiger partial charge on any atom is -0.457 e. The topological polar surface area (TPSA) is 43.4 Å². The Bertz CT molecular complexity index is 685. The Balaban J connectivity index is 1.96. The molecule has 118 valence electrons. The zero-order valence-corrected chi connectivity index (χ0v) is 13.2. The minimum atomic E-state index is -0.365. The van der Waals surface area contributed by atoms with E-state index in [4.69, 9.17) is 4.74 Å². The molecule has 0 saturated carbocycles. The van der Waals surface area contributed by atoms with E-state index in [0.29, 0.717) is 23.1 Å². The molecule has 0 atom stereocenters. The summed E-state index contributed by atoms with van der Waals surface area (Å²) in [5.41, 5.74) is 2.60. The van der Waals surface area contributed by atoms with Gasteiger partial charge in [0.15, 0.2) is 5.78 Å². The molecule has 0 aliphatic heterocycles. The number of hydrogen-bond acceptors (Lipinski definition) is 3. The van der Waals surface area contributed by atoms with Crippen molar-refractivity contribution in [1.82, 2.24) is 0 Å². The molecular formula is C20H20O3. The second kappa shape index (κ2) is 8.08. The van der Waals surface area contributed by atoms with Crippen molar-refractivity contribution in [3.05, 3.63) is 83.4 Å². The van der Waals surface area contributed by atoms with Gasteiger partial charge < -0.3 is 4.74 Å². The minimum absolute atomic E-state index is 0.0227. The molecular weight excluding hydrogens is 288 g/mol. The molecule has 3 heteroatoms. The fraction of sp³-hybridized carbons (Fsp3) is 0.200. The zero-order chi connectivity index (χ0) is 16.7. The van der Waals surface area contributed by atoms with E-state index in [1.54, 1.807) is 36.4 Å². The quantitative estimate of drug-likeness (QED) is 0.435. The first-order valence-electron chi connectivity index (χ1n) is 7.65. The lowest BCUT2D eigenvalue weighted by Crippen LogP contribution is -2.07. The number of ketones is 1. The van der Waals surface area contributed by atoms with Crippen LogP contribution in [0.2, 0.25) is 0 Å². The average Bonchev–Trinajstić information content (AvgIpc) is 2.60. The van der Waals surface area contributed by atoms with E-state index >= 15 is 0 Å². The van der Waals surface area contributed by atoms with Crippen LogP contribution in [0.4, 0.5) is 0 Å². The van der Waals surface area contributed by atoms with Crippen molar-refractivity contribution >= 4 is 11.8 Å². The predicted octanol–water partition coefficient (Wildman–Crippen LogP) is 4.32. The van der Waals surface area contributed by atoms with Gasteiger partial charge in [-0.25, -0.2) is 4.79 Å². The first-order valence-corrected chi connectivity index (χ1v) is 7.65. The Hall–Kier alpha value is -2.68. The van der Waals surface area contributed by atoms with Crippen molar-refractivity contribution in [3.8, 4) is 0 Å². The molecule has 2 aromatic rings. The summed E-state index contributed by atoms with van der Waals surface area (Å²) in [5.74, 6) is -0.387. The summed E-state index contributed by atoms with van der Waals surface area (Å²) in [5, 5.41) is 0. The molecule has 0 N–H and O–H groups in total. The fourth-order valence-electron chi connectivity index (χ4n) is 2.16. The van der Waals surface area contributed by atoms with Crippen LogP contribution in [0, 0.1) is 0 Å². The summed E-state index contributed by atoms with van der Waals surface area (Å²) in [4.78, 5) is 24.0. The molecule has 0 heterocycles. The van der Waals surface area contributed by atoms with Gasteiger partial charge >= 0.3 is 5.97 Å². The van der Waals surface area contributed by atoms with Crippen LogP contribution in [0.25, 0.3) is 0 Å². The summed E-state index contributed by atoms with van der Waals surface area (Å²) < 4.78 is 5.20. The molecule has 0 bridgehead atoms. The van der Waals surface area contributed by atoms with Gasteiger partial charge in [0.1, 0.15) is 6.61 Å². The van der Waals surface area contributed by atoms with Crippen LogP contribution < -0.4 is 0 Å². The SMILES string of the molecule is C=C(CCC)C(=O)OCc1ccc(C(=O)c2ccccc2)cc1. The van der Waals surface area contributed by atoms with Crippen molar-refractivity contribution in [2.45, 2.75) is 26.4 Å². The summed E-state index contributed by atoms with van der Waals surface area (Å²) in [6.45, 7) is 5.88. The number of rotatable bonds is 7. The Labute approximate surface area is 136 Å². The Morgan fingerprint density at radius 3 is 2.17 bits per heavy atom. The molecule has 23 heavy (non-hydrogen) atoms. The van der Waals surface area contributed by atoms with Crippen LogP contribution in [0.5, 0.6) is 0 Å². The molecule has 0 unspecified atom stereocenters. The third-order valence-electron chi connectivity index (χ3n) is 3.46. The zero-order valence-electron chi connectivity index (χ0n) is 13.2. The number of carbonyl (C=O) groups is 2. The van der Waals surface area contributed by atoms with E-state index in [9.17, 15) is 9.59 Å². The number of hydrogen-bond donors (Lipinski definition) is 0. The molecule has 0 aliphatic rings. The lowest BCUT2D eigenvalue weighted by molar-refractivity contribution is -0.140. The highest BCUT2D eigenvalue weighted by molar-refractivity contribution is 6.08. The largest absolute Gasteiger partial charge is 0.457 e. The molecule has 2 rings (SSSR count). The van der Waals surface area contributed by atoms with E-state index in [-0.39, 0.29) is 18.4 Å². The van der Waals surface area contributed by atoms with Crippen LogP contribution in [-0.4, -0.2) is 11.8 Å².